The quantitative estimate of drug-likeness (QED) is 0.874. The van der Waals surface area contributed by atoms with Crippen molar-refractivity contribution < 1.29 is 14.4 Å². The fourth-order valence-electron chi connectivity index (χ4n) is 2.74. The second-order valence-electron chi connectivity index (χ2n) is 5.45. The third-order valence-electron chi connectivity index (χ3n) is 3.77. The number of aliphatic carboxylic acids is 1. The maximum atomic E-state index is 10.8. The van der Waals surface area contributed by atoms with E-state index in [2.05, 4.69) is 15.0 Å². The summed E-state index contributed by atoms with van der Waals surface area (Å²) in [5.74, 6) is 1.24. The highest BCUT2D eigenvalue weighted by molar-refractivity contribution is 5.67. The molecule has 2 atom stereocenters. The number of rotatable bonds is 5. The van der Waals surface area contributed by atoms with Crippen molar-refractivity contribution in [2.75, 3.05) is 13.1 Å². The van der Waals surface area contributed by atoms with Crippen LogP contribution in [0.3, 0.4) is 0 Å². The van der Waals surface area contributed by atoms with Crippen molar-refractivity contribution in [1.29, 1.82) is 0 Å². The Balaban J connectivity index is 1.88. The fourth-order valence-corrected chi connectivity index (χ4v) is 2.74. The molecule has 106 valence electrons. The standard InChI is InChI=1S/C13H21N3O3/c1-9(6-13(17)18)11-4-3-5-16(7-11)8-12-14-10(2)15-19-12/h9,11H,3-8H2,1-2H3,(H,17,18). The number of likely N-dealkylation sites (tertiary alicyclic amines) is 1. The Morgan fingerprint density at radius 2 is 2.42 bits per heavy atom. The van der Waals surface area contributed by atoms with Crippen LogP contribution in [0.15, 0.2) is 4.52 Å². The highest BCUT2D eigenvalue weighted by Gasteiger charge is 2.26. The largest absolute Gasteiger partial charge is 0.481 e. The highest BCUT2D eigenvalue weighted by Crippen LogP contribution is 2.26. The van der Waals surface area contributed by atoms with Gasteiger partial charge in [0.15, 0.2) is 5.82 Å². The zero-order valence-electron chi connectivity index (χ0n) is 11.5. The van der Waals surface area contributed by atoms with E-state index in [0.717, 1.165) is 25.9 Å². The van der Waals surface area contributed by atoms with Crippen molar-refractivity contribution in [3.8, 4) is 0 Å². The molecular weight excluding hydrogens is 246 g/mol. The first-order chi connectivity index (χ1) is 9.04. The topological polar surface area (TPSA) is 79.5 Å². The van der Waals surface area contributed by atoms with Gasteiger partial charge in [-0.25, -0.2) is 0 Å². The summed E-state index contributed by atoms with van der Waals surface area (Å²) in [6, 6.07) is 0. The summed E-state index contributed by atoms with van der Waals surface area (Å²) < 4.78 is 5.13. The van der Waals surface area contributed by atoms with Gasteiger partial charge in [-0.15, -0.1) is 0 Å². The third kappa shape index (κ3) is 4.02. The van der Waals surface area contributed by atoms with Gasteiger partial charge in [-0.1, -0.05) is 12.1 Å². The van der Waals surface area contributed by atoms with Gasteiger partial charge in [0.05, 0.1) is 6.54 Å². The molecule has 6 nitrogen and oxygen atoms in total. The predicted octanol–water partition coefficient (Wildman–Crippen LogP) is 1.70. The predicted molar refractivity (Wildman–Crippen MR) is 68.5 cm³/mol. The van der Waals surface area contributed by atoms with Gasteiger partial charge in [-0.3, -0.25) is 9.69 Å². The molecule has 1 N–H and O–H groups in total. The molecular formula is C13H21N3O3. The Kier molecular flexibility index (Phi) is 4.52. The lowest BCUT2D eigenvalue weighted by atomic mass is 9.85. The molecule has 19 heavy (non-hydrogen) atoms. The summed E-state index contributed by atoms with van der Waals surface area (Å²) in [5, 5.41) is 12.7. The van der Waals surface area contributed by atoms with Crippen LogP contribution >= 0.6 is 0 Å². The first-order valence-electron chi connectivity index (χ1n) is 6.78. The summed E-state index contributed by atoms with van der Waals surface area (Å²) in [5.41, 5.74) is 0. The van der Waals surface area contributed by atoms with Gasteiger partial charge in [0.2, 0.25) is 5.89 Å². The van der Waals surface area contributed by atoms with Crippen molar-refractivity contribution in [2.45, 2.75) is 39.7 Å². The Morgan fingerprint density at radius 1 is 1.63 bits per heavy atom. The molecule has 6 heteroatoms. The molecule has 2 rings (SSSR count). The molecule has 1 aromatic rings. The van der Waals surface area contributed by atoms with E-state index in [1.54, 1.807) is 6.92 Å². The molecule has 0 aliphatic carbocycles. The minimum absolute atomic E-state index is 0.213. The zero-order valence-corrected chi connectivity index (χ0v) is 11.5. The van der Waals surface area contributed by atoms with E-state index in [-0.39, 0.29) is 12.3 Å². The van der Waals surface area contributed by atoms with Crippen LogP contribution in [-0.2, 0) is 11.3 Å². The summed E-state index contributed by atoms with van der Waals surface area (Å²) in [6.07, 6.45) is 2.45. The van der Waals surface area contributed by atoms with Crippen LogP contribution in [0, 0.1) is 18.8 Å². The van der Waals surface area contributed by atoms with E-state index in [1.165, 1.54) is 0 Å². The second-order valence-corrected chi connectivity index (χ2v) is 5.45. The SMILES string of the molecule is Cc1noc(CN2CCCC(C(C)CC(=O)O)C2)n1. The van der Waals surface area contributed by atoms with Crippen LogP contribution in [0.4, 0.5) is 0 Å². The van der Waals surface area contributed by atoms with Gasteiger partial charge in [0.1, 0.15) is 0 Å². The van der Waals surface area contributed by atoms with Crippen molar-refractivity contribution in [2.24, 2.45) is 11.8 Å². The molecule has 1 aliphatic heterocycles. The molecule has 0 radical (unpaired) electrons. The lowest BCUT2D eigenvalue weighted by Crippen LogP contribution is -2.37. The normalized spacial score (nSPS) is 22.3. The molecule has 1 aliphatic rings. The van der Waals surface area contributed by atoms with E-state index in [1.807, 2.05) is 6.92 Å². The van der Waals surface area contributed by atoms with Gasteiger partial charge < -0.3 is 9.63 Å². The first kappa shape index (κ1) is 14.0. The fraction of sp³-hybridized carbons (Fsp3) is 0.769. The van der Waals surface area contributed by atoms with E-state index in [9.17, 15) is 4.79 Å². The van der Waals surface area contributed by atoms with E-state index in [4.69, 9.17) is 9.63 Å². The monoisotopic (exact) mass is 267 g/mol. The maximum Gasteiger partial charge on any atom is 0.303 e. The Morgan fingerprint density at radius 3 is 3.05 bits per heavy atom. The van der Waals surface area contributed by atoms with Crippen molar-refractivity contribution >= 4 is 5.97 Å². The van der Waals surface area contributed by atoms with Gasteiger partial charge in [-0.2, -0.15) is 4.98 Å². The summed E-state index contributed by atoms with van der Waals surface area (Å²) in [7, 11) is 0. The lowest BCUT2D eigenvalue weighted by Gasteiger charge is -2.34. The minimum atomic E-state index is -0.711. The van der Waals surface area contributed by atoms with Crippen LogP contribution in [0.1, 0.15) is 37.9 Å². The molecule has 2 heterocycles. The van der Waals surface area contributed by atoms with E-state index >= 15 is 0 Å². The molecule has 1 fully saturated rings. The average molecular weight is 267 g/mol. The van der Waals surface area contributed by atoms with Gasteiger partial charge in [-0.05, 0) is 38.1 Å². The summed E-state index contributed by atoms with van der Waals surface area (Å²) in [4.78, 5) is 17.3. The van der Waals surface area contributed by atoms with Crippen molar-refractivity contribution in [1.82, 2.24) is 15.0 Å². The smallest absolute Gasteiger partial charge is 0.303 e. The van der Waals surface area contributed by atoms with Crippen LogP contribution in [0.5, 0.6) is 0 Å². The summed E-state index contributed by atoms with van der Waals surface area (Å²) in [6.45, 7) is 6.42. The minimum Gasteiger partial charge on any atom is -0.481 e. The number of piperidine rings is 1. The number of aryl methyl sites for hydroxylation is 1. The van der Waals surface area contributed by atoms with Crippen LogP contribution in [-0.4, -0.2) is 39.2 Å². The Labute approximate surface area is 112 Å². The Bertz CT molecular complexity index is 433. The zero-order chi connectivity index (χ0) is 13.8. The number of nitrogens with zero attached hydrogens (tertiary/aromatic N) is 3. The van der Waals surface area contributed by atoms with E-state index in [0.29, 0.717) is 24.2 Å². The average Bonchev–Trinajstić information content (AvgIpc) is 2.74. The molecule has 0 bridgehead atoms. The number of hydrogen-bond donors (Lipinski definition) is 1. The summed E-state index contributed by atoms with van der Waals surface area (Å²) >= 11 is 0. The molecule has 2 unspecified atom stereocenters. The highest BCUT2D eigenvalue weighted by atomic mass is 16.5. The number of carbonyl (C=O) groups is 1. The van der Waals surface area contributed by atoms with Crippen LogP contribution in [0.2, 0.25) is 0 Å². The number of aromatic nitrogens is 2. The molecule has 1 aromatic heterocycles. The van der Waals surface area contributed by atoms with Gasteiger partial charge in [0.25, 0.3) is 0 Å². The Hall–Kier alpha value is -1.43. The first-order valence-corrected chi connectivity index (χ1v) is 6.78. The second kappa shape index (κ2) is 6.14. The molecule has 0 spiro atoms. The lowest BCUT2D eigenvalue weighted by molar-refractivity contribution is -0.138. The molecule has 0 saturated carbocycles. The van der Waals surface area contributed by atoms with Crippen LogP contribution in [0.25, 0.3) is 0 Å². The van der Waals surface area contributed by atoms with Crippen LogP contribution < -0.4 is 0 Å². The number of hydrogen-bond acceptors (Lipinski definition) is 5. The number of carboxylic acids is 1. The maximum absolute atomic E-state index is 10.8. The molecule has 0 aromatic carbocycles. The number of carboxylic acid groups (broad SMARTS) is 1. The van der Waals surface area contributed by atoms with Crippen molar-refractivity contribution in [3.05, 3.63) is 11.7 Å². The van der Waals surface area contributed by atoms with E-state index < -0.39 is 5.97 Å². The molecule has 1 saturated heterocycles. The van der Waals surface area contributed by atoms with Gasteiger partial charge >= 0.3 is 5.97 Å². The van der Waals surface area contributed by atoms with Gasteiger partial charge in [0, 0.05) is 13.0 Å². The molecule has 0 amide bonds. The third-order valence-corrected chi connectivity index (χ3v) is 3.77. The van der Waals surface area contributed by atoms with Crippen molar-refractivity contribution in [3.63, 3.8) is 0 Å².